The molecule has 0 aromatic heterocycles. The number of alkyl halides is 3. The molecule has 0 fully saturated rings. The predicted molar refractivity (Wildman–Crippen MR) is 113 cm³/mol. The molecule has 0 aliphatic rings. The van der Waals surface area contributed by atoms with E-state index >= 15 is 0 Å². The van der Waals surface area contributed by atoms with Gasteiger partial charge >= 0.3 is 6.36 Å². The summed E-state index contributed by atoms with van der Waals surface area (Å²) in [7, 11) is 1.60. The quantitative estimate of drug-likeness (QED) is 0.246. The number of nitrogens with zero attached hydrogens (tertiary/aromatic N) is 1. The highest BCUT2D eigenvalue weighted by Crippen LogP contribution is 2.27. The molecule has 0 saturated heterocycles. The van der Waals surface area contributed by atoms with Crippen molar-refractivity contribution in [2.45, 2.75) is 26.6 Å². The lowest BCUT2D eigenvalue weighted by Crippen LogP contribution is -2.23. The van der Waals surface area contributed by atoms with Gasteiger partial charge in [-0.2, -0.15) is 4.99 Å². The third-order valence-electron chi connectivity index (χ3n) is 4.15. The number of aldehydes is 1. The number of benzene rings is 2. The van der Waals surface area contributed by atoms with E-state index in [1.54, 1.807) is 26.1 Å². The average Bonchev–Trinajstić information content (AvgIpc) is 2.71. The van der Waals surface area contributed by atoms with Crippen molar-refractivity contribution < 1.29 is 27.4 Å². The van der Waals surface area contributed by atoms with Crippen LogP contribution in [-0.4, -0.2) is 25.6 Å². The second-order valence-electron chi connectivity index (χ2n) is 6.71. The molecule has 1 atom stereocenters. The molecule has 0 spiro atoms. The molecule has 2 aromatic rings. The highest BCUT2D eigenvalue weighted by Gasteiger charge is 2.31. The molecule has 31 heavy (non-hydrogen) atoms. The Morgan fingerprint density at radius 2 is 1.84 bits per heavy atom. The van der Waals surface area contributed by atoms with Gasteiger partial charge in [-0.05, 0) is 43.2 Å². The maximum atomic E-state index is 12.5. The van der Waals surface area contributed by atoms with Gasteiger partial charge in [-0.25, -0.2) is 0 Å². The SMILES string of the molecule is CN/C(N=C(Oc1cccc(OC(F)(F)F)c1)C(C)Cc1ccc(Cl)cc1)=C(/C)C=O. The molecule has 5 nitrogen and oxygen atoms in total. The molecule has 2 aromatic carbocycles. The number of nitrogens with one attached hydrogen (secondary N) is 1. The van der Waals surface area contributed by atoms with Crippen molar-refractivity contribution in [3.05, 3.63) is 70.5 Å². The normalized spacial score (nSPS) is 13.8. The van der Waals surface area contributed by atoms with E-state index in [1.807, 2.05) is 19.1 Å². The number of hydrogen-bond donors (Lipinski definition) is 1. The summed E-state index contributed by atoms with van der Waals surface area (Å²) < 4.78 is 47.4. The van der Waals surface area contributed by atoms with Crippen LogP contribution in [0, 0.1) is 5.92 Å². The summed E-state index contributed by atoms with van der Waals surface area (Å²) in [6.07, 6.45) is -3.65. The molecule has 9 heteroatoms. The van der Waals surface area contributed by atoms with Crippen molar-refractivity contribution in [2.24, 2.45) is 10.9 Å². The van der Waals surface area contributed by atoms with Gasteiger partial charge in [-0.1, -0.05) is 36.7 Å². The Hall–Kier alpha value is -3.00. The molecule has 0 aliphatic heterocycles. The van der Waals surface area contributed by atoms with Gasteiger partial charge in [-0.3, -0.25) is 4.79 Å². The lowest BCUT2D eigenvalue weighted by molar-refractivity contribution is -0.274. The highest BCUT2D eigenvalue weighted by atomic mass is 35.5. The van der Waals surface area contributed by atoms with E-state index < -0.39 is 12.1 Å². The first-order valence-electron chi connectivity index (χ1n) is 9.31. The van der Waals surface area contributed by atoms with Gasteiger partial charge in [0.05, 0.1) is 0 Å². The number of carbonyl (C=O) groups excluding carboxylic acids is 1. The Kier molecular flexibility index (Phi) is 8.50. The van der Waals surface area contributed by atoms with E-state index in [2.05, 4.69) is 15.0 Å². The van der Waals surface area contributed by atoms with E-state index in [1.165, 1.54) is 18.2 Å². The second kappa shape index (κ2) is 10.9. The Morgan fingerprint density at radius 3 is 2.42 bits per heavy atom. The summed E-state index contributed by atoms with van der Waals surface area (Å²) in [5.41, 5.74) is 1.31. The largest absolute Gasteiger partial charge is 0.573 e. The molecule has 1 N–H and O–H groups in total. The molecule has 1 unspecified atom stereocenters. The Balaban J connectivity index is 2.36. The Morgan fingerprint density at radius 1 is 1.19 bits per heavy atom. The molecule has 0 amide bonds. The first kappa shape index (κ1) is 24.3. The van der Waals surface area contributed by atoms with Crippen LogP contribution in [0.4, 0.5) is 13.2 Å². The summed E-state index contributed by atoms with van der Waals surface area (Å²) in [4.78, 5) is 15.6. The molecule has 0 heterocycles. The van der Waals surface area contributed by atoms with E-state index in [0.29, 0.717) is 23.3 Å². The number of hydrogen-bond acceptors (Lipinski definition) is 5. The van der Waals surface area contributed by atoms with Crippen LogP contribution < -0.4 is 14.8 Å². The van der Waals surface area contributed by atoms with Gasteiger partial charge in [-0.15, -0.1) is 13.2 Å². The van der Waals surface area contributed by atoms with Crippen LogP contribution in [0.15, 0.2) is 64.9 Å². The van der Waals surface area contributed by atoms with Gasteiger partial charge in [0.15, 0.2) is 5.90 Å². The molecule has 0 saturated carbocycles. The molecule has 166 valence electrons. The predicted octanol–water partition coefficient (Wildman–Crippen LogP) is 5.54. The van der Waals surface area contributed by atoms with Gasteiger partial charge < -0.3 is 14.8 Å². The Labute approximate surface area is 183 Å². The van der Waals surface area contributed by atoms with Crippen molar-refractivity contribution >= 4 is 23.8 Å². The van der Waals surface area contributed by atoms with Crippen molar-refractivity contribution in [3.63, 3.8) is 0 Å². The molecular formula is C22H22ClF3N2O3. The van der Waals surface area contributed by atoms with E-state index in [4.69, 9.17) is 16.3 Å². The van der Waals surface area contributed by atoms with Crippen LogP contribution in [0.1, 0.15) is 19.4 Å². The van der Waals surface area contributed by atoms with Crippen molar-refractivity contribution in [2.75, 3.05) is 7.05 Å². The van der Waals surface area contributed by atoms with Crippen LogP contribution >= 0.6 is 11.6 Å². The molecule has 2 rings (SSSR count). The van der Waals surface area contributed by atoms with Crippen LogP contribution in [0.2, 0.25) is 5.02 Å². The fraction of sp³-hybridized carbons (Fsp3) is 0.273. The smallest absolute Gasteiger partial charge is 0.442 e. The zero-order valence-electron chi connectivity index (χ0n) is 17.2. The summed E-state index contributed by atoms with van der Waals surface area (Å²) in [6, 6.07) is 12.4. The third kappa shape index (κ3) is 7.97. The number of halogens is 4. The van der Waals surface area contributed by atoms with Crippen molar-refractivity contribution in [1.29, 1.82) is 0 Å². The third-order valence-corrected chi connectivity index (χ3v) is 4.40. The van der Waals surface area contributed by atoms with Crippen LogP contribution in [0.3, 0.4) is 0 Å². The van der Waals surface area contributed by atoms with Gasteiger partial charge in [0.1, 0.15) is 23.6 Å². The highest BCUT2D eigenvalue weighted by molar-refractivity contribution is 6.30. The van der Waals surface area contributed by atoms with Gasteiger partial charge in [0, 0.05) is 29.6 Å². The topological polar surface area (TPSA) is 59.9 Å². The molecule has 0 bridgehead atoms. The maximum Gasteiger partial charge on any atom is 0.573 e. The maximum absolute atomic E-state index is 12.5. The minimum Gasteiger partial charge on any atom is -0.442 e. The molecule has 0 aliphatic carbocycles. The van der Waals surface area contributed by atoms with E-state index in [-0.39, 0.29) is 23.4 Å². The summed E-state index contributed by atoms with van der Waals surface area (Å²) >= 11 is 5.93. The molecule has 0 radical (unpaired) electrons. The zero-order chi connectivity index (χ0) is 23.0. The zero-order valence-corrected chi connectivity index (χ0v) is 17.9. The minimum absolute atomic E-state index is 0.114. The second-order valence-corrected chi connectivity index (χ2v) is 7.14. The number of rotatable bonds is 8. The fourth-order valence-electron chi connectivity index (χ4n) is 2.66. The van der Waals surface area contributed by atoms with E-state index in [0.717, 1.165) is 11.6 Å². The van der Waals surface area contributed by atoms with Crippen LogP contribution in [-0.2, 0) is 11.2 Å². The number of allylic oxidation sites excluding steroid dienone is 1. The first-order valence-corrected chi connectivity index (χ1v) is 9.69. The van der Waals surface area contributed by atoms with Gasteiger partial charge in [0.25, 0.3) is 0 Å². The summed E-state index contributed by atoms with van der Waals surface area (Å²) in [6.45, 7) is 3.44. The van der Waals surface area contributed by atoms with Crippen molar-refractivity contribution in [1.82, 2.24) is 5.32 Å². The number of aliphatic imine (C=N–C) groups is 1. The summed E-state index contributed by atoms with van der Waals surface area (Å²) in [5.74, 6) is -0.0812. The molecular weight excluding hydrogens is 433 g/mol. The average molecular weight is 455 g/mol. The van der Waals surface area contributed by atoms with E-state index in [9.17, 15) is 18.0 Å². The summed E-state index contributed by atoms with van der Waals surface area (Å²) in [5, 5.41) is 3.43. The number of ether oxygens (including phenoxy) is 2. The van der Waals surface area contributed by atoms with Gasteiger partial charge in [0.2, 0.25) is 0 Å². The standard InChI is InChI=1S/C22H22ClF3N2O3/c1-14(11-16-7-9-17(23)10-8-16)21(28-20(27-3)15(2)13-29)30-18-5-4-6-19(12-18)31-22(24,25)26/h4-10,12-14,27H,11H2,1-3H3/b20-15+,28-21?. The van der Waals surface area contributed by atoms with Crippen LogP contribution in [0.5, 0.6) is 11.5 Å². The van der Waals surface area contributed by atoms with Crippen molar-refractivity contribution in [3.8, 4) is 11.5 Å². The Bertz CT molecular complexity index is 957. The number of carbonyl (C=O) groups is 1. The lowest BCUT2D eigenvalue weighted by Gasteiger charge is -2.18. The first-order chi connectivity index (χ1) is 14.6. The fourth-order valence-corrected chi connectivity index (χ4v) is 2.78. The van der Waals surface area contributed by atoms with Crippen LogP contribution in [0.25, 0.3) is 0 Å². The minimum atomic E-state index is -4.82. The lowest BCUT2D eigenvalue weighted by atomic mass is 10.0. The monoisotopic (exact) mass is 454 g/mol.